The average molecular weight is 798 g/mol. The molecule has 0 fully saturated rings. The van der Waals surface area contributed by atoms with Gasteiger partial charge in [0.2, 0.25) is 0 Å². The molecule has 0 atom stereocenters. The molecule has 7 aromatic heterocycles. The Morgan fingerprint density at radius 2 is 0.596 bits per heavy atom. The molecular formula is C50H27N3S4. The molecule has 0 spiro atoms. The highest BCUT2D eigenvalue weighted by Gasteiger charge is 2.25. The van der Waals surface area contributed by atoms with Gasteiger partial charge < -0.3 is 13.7 Å². The van der Waals surface area contributed by atoms with Crippen LogP contribution in [0.25, 0.3) is 120 Å². The van der Waals surface area contributed by atoms with Crippen molar-refractivity contribution in [1.82, 2.24) is 13.7 Å². The molecule has 0 bridgehead atoms. The molecule has 14 rings (SSSR count). The van der Waals surface area contributed by atoms with Crippen molar-refractivity contribution in [2.45, 2.75) is 0 Å². The van der Waals surface area contributed by atoms with E-state index in [1.165, 1.54) is 114 Å². The Morgan fingerprint density at radius 1 is 0.263 bits per heavy atom. The fourth-order valence-corrected chi connectivity index (χ4v) is 14.5. The second-order valence-electron chi connectivity index (χ2n) is 14.8. The molecule has 0 N–H and O–H groups in total. The number of para-hydroxylation sites is 1. The summed E-state index contributed by atoms with van der Waals surface area (Å²) >= 11 is 7.67. The number of hydrogen-bond acceptors (Lipinski definition) is 4. The van der Waals surface area contributed by atoms with Crippen LogP contribution < -0.4 is 0 Å². The fourth-order valence-electron chi connectivity index (χ4n) is 9.50. The lowest BCUT2D eigenvalue weighted by atomic mass is 10.1. The highest BCUT2D eigenvalue weighted by Crippen LogP contribution is 2.50. The molecule has 0 radical (unpaired) electrons. The minimum atomic E-state index is 1.15. The predicted octanol–water partition coefficient (Wildman–Crippen LogP) is 15.8. The van der Waals surface area contributed by atoms with Crippen molar-refractivity contribution in [2.75, 3.05) is 0 Å². The van der Waals surface area contributed by atoms with Crippen LogP contribution in [-0.2, 0) is 0 Å². The van der Waals surface area contributed by atoms with Crippen LogP contribution in [0.3, 0.4) is 0 Å². The largest absolute Gasteiger partial charge is 0.309 e. The van der Waals surface area contributed by atoms with E-state index >= 15 is 0 Å². The zero-order valence-corrected chi connectivity index (χ0v) is 33.3. The van der Waals surface area contributed by atoms with E-state index in [-0.39, 0.29) is 0 Å². The maximum atomic E-state index is 2.55. The number of rotatable bonds is 3. The Morgan fingerprint density at radius 3 is 0.965 bits per heavy atom. The molecule has 57 heavy (non-hydrogen) atoms. The number of hydrogen-bond donors (Lipinski definition) is 0. The summed E-state index contributed by atoms with van der Waals surface area (Å²) in [4.78, 5) is 0. The van der Waals surface area contributed by atoms with Crippen LogP contribution in [0.4, 0.5) is 0 Å². The van der Waals surface area contributed by atoms with Gasteiger partial charge in [0, 0.05) is 68.2 Å². The maximum Gasteiger partial charge on any atom is 0.0736 e. The molecule has 7 heteroatoms. The normalized spacial score (nSPS) is 12.6. The lowest BCUT2D eigenvalue weighted by Gasteiger charge is -2.12. The lowest BCUT2D eigenvalue weighted by Crippen LogP contribution is -1.98. The molecule has 266 valence electrons. The summed E-state index contributed by atoms with van der Waals surface area (Å²) in [6.45, 7) is 0. The Balaban J connectivity index is 1.10. The first-order chi connectivity index (χ1) is 28.3. The molecule has 0 aliphatic rings. The molecule has 0 saturated heterocycles. The van der Waals surface area contributed by atoms with Gasteiger partial charge in [-0.15, -0.1) is 45.3 Å². The molecule has 0 saturated carbocycles. The van der Waals surface area contributed by atoms with Gasteiger partial charge in [-0.1, -0.05) is 103 Å². The molecule has 7 aromatic carbocycles. The summed E-state index contributed by atoms with van der Waals surface area (Å²) in [6.07, 6.45) is 0. The molecule has 3 nitrogen and oxygen atoms in total. The number of thiophene rings is 4. The van der Waals surface area contributed by atoms with E-state index in [4.69, 9.17) is 0 Å². The van der Waals surface area contributed by atoms with Gasteiger partial charge in [0.25, 0.3) is 0 Å². The number of fused-ring (bicyclic) bond motifs is 17. The zero-order valence-electron chi connectivity index (χ0n) is 30.1. The average Bonchev–Trinajstić information content (AvgIpc) is 4.12. The Labute approximate surface area is 340 Å². The Hall–Kier alpha value is -6.22. The van der Waals surface area contributed by atoms with Crippen LogP contribution in [0.5, 0.6) is 0 Å². The van der Waals surface area contributed by atoms with Crippen molar-refractivity contribution < 1.29 is 0 Å². The number of benzene rings is 7. The van der Waals surface area contributed by atoms with Gasteiger partial charge in [-0.05, 0) is 60.7 Å². The third-order valence-electron chi connectivity index (χ3n) is 11.8. The second kappa shape index (κ2) is 11.2. The molecule has 7 heterocycles. The van der Waals surface area contributed by atoms with Crippen LogP contribution in [0.1, 0.15) is 0 Å². The van der Waals surface area contributed by atoms with Crippen molar-refractivity contribution in [1.29, 1.82) is 0 Å². The topological polar surface area (TPSA) is 14.8 Å². The lowest BCUT2D eigenvalue weighted by molar-refractivity contribution is 1.15. The smallest absolute Gasteiger partial charge is 0.0736 e. The fraction of sp³-hybridized carbons (Fsp3) is 0. The monoisotopic (exact) mass is 797 g/mol. The van der Waals surface area contributed by atoms with Crippen LogP contribution in [0.2, 0.25) is 0 Å². The molecule has 0 aliphatic carbocycles. The van der Waals surface area contributed by atoms with E-state index in [9.17, 15) is 0 Å². The van der Waals surface area contributed by atoms with Crippen molar-refractivity contribution in [3.05, 3.63) is 164 Å². The summed E-state index contributed by atoms with van der Waals surface area (Å²) in [5.74, 6) is 0. The van der Waals surface area contributed by atoms with Crippen LogP contribution >= 0.6 is 45.3 Å². The van der Waals surface area contributed by atoms with Crippen molar-refractivity contribution >= 4 is 148 Å². The first kappa shape index (κ1) is 30.9. The molecule has 0 aliphatic heterocycles. The third-order valence-corrected chi connectivity index (χ3v) is 16.8. The summed E-state index contributed by atoms with van der Waals surface area (Å²) in [6, 6.07) is 60.8. The quantitative estimate of drug-likeness (QED) is 0.169. The molecular weight excluding hydrogens is 771 g/mol. The van der Waals surface area contributed by atoms with Gasteiger partial charge in [0.15, 0.2) is 0 Å². The first-order valence-corrected chi connectivity index (χ1v) is 22.4. The van der Waals surface area contributed by atoms with E-state index in [2.05, 4.69) is 177 Å². The second-order valence-corrected chi connectivity index (χ2v) is 19.1. The van der Waals surface area contributed by atoms with Gasteiger partial charge in [-0.2, -0.15) is 0 Å². The van der Waals surface area contributed by atoms with Crippen molar-refractivity contribution in [3.63, 3.8) is 0 Å². The minimum Gasteiger partial charge on any atom is -0.309 e. The van der Waals surface area contributed by atoms with E-state index in [0.717, 1.165) is 5.69 Å². The SMILES string of the molecule is c1ccc(-n2c3cc(-n4c5c6ccccc6sc5c5sc6ccccc6c54)ccc3c3ccc(-n4c5c6ccccc6sc5c5sc6ccccc6c54)cc32)cc1. The van der Waals surface area contributed by atoms with Crippen LogP contribution in [0, 0.1) is 0 Å². The molecule has 14 aromatic rings. The van der Waals surface area contributed by atoms with E-state index in [1.807, 2.05) is 45.3 Å². The van der Waals surface area contributed by atoms with Crippen LogP contribution in [0.15, 0.2) is 164 Å². The van der Waals surface area contributed by atoms with Crippen molar-refractivity contribution in [3.8, 4) is 17.1 Å². The predicted molar refractivity (Wildman–Crippen MR) is 251 cm³/mol. The summed E-state index contributed by atoms with van der Waals surface area (Å²) in [5.41, 5.74) is 11.1. The highest BCUT2D eigenvalue weighted by atomic mass is 32.1. The highest BCUT2D eigenvalue weighted by molar-refractivity contribution is 7.34. The van der Waals surface area contributed by atoms with Gasteiger partial charge in [0.05, 0.1) is 51.9 Å². The van der Waals surface area contributed by atoms with Crippen LogP contribution in [-0.4, -0.2) is 13.7 Å². The molecule has 0 unspecified atom stereocenters. The van der Waals surface area contributed by atoms with Gasteiger partial charge >= 0.3 is 0 Å². The maximum absolute atomic E-state index is 2.55. The van der Waals surface area contributed by atoms with Gasteiger partial charge in [-0.25, -0.2) is 0 Å². The minimum absolute atomic E-state index is 1.15. The van der Waals surface area contributed by atoms with E-state index in [1.54, 1.807) is 0 Å². The first-order valence-electron chi connectivity index (χ1n) is 19.1. The number of nitrogens with zero attached hydrogens (tertiary/aromatic N) is 3. The van der Waals surface area contributed by atoms with Crippen molar-refractivity contribution in [2.24, 2.45) is 0 Å². The standard InChI is InChI=1S/C50H27N3S4/c1-2-12-28(13-3-1)51-37-26-29(52-43-33-14-4-8-18-39(33)54-47(43)48-44(52)34-15-5-9-19-40(34)55-48)22-24-31(37)32-25-23-30(27-38(32)51)53-45-35-16-6-10-20-41(35)56-49(45)50-46(53)36-17-7-11-21-42(36)57-50/h1-27H. The van der Waals surface area contributed by atoms with Gasteiger partial charge in [-0.3, -0.25) is 0 Å². The number of aromatic nitrogens is 3. The molecule has 0 amide bonds. The summed E-state index contributed by atoms with van der Waals surface area (Å²) < 4.78 is 18.4. The Bertz CT molecular complexity index is 3580. The third kappa shape index (κ3) is 4.04. The summed E-state index contributed by atoms with van der Waals surface area (Å²) in [7, 11) is 0. The van der Waals surface area contributed by atoms with E-state index < -0.39 is 0 Å². The summed E-state index contributed by atoms with van der Waals surface area (Å²) in [5, 5.41) is 7.74. The Kier molecular flexibility index (Phi) is 6.09. The van der Waals surface area contributed by atoms with E-state index in [0.29, 0.717) is 0 Å². The zero-order chi connectivity index (χ0) is 36.9. The van der Waals surface area contributed by atoms with Gasteiger partial charge in [0.1, 0.15) is 0 Å².